The summed E-state index contributed by atoms with van der Waals surface area (Å²) in [5.41, 5.74) is 4.93. The number of aromatic carboxylic acids is 1. The molecular formula is C33H41N3O7S. The number of amides is 2. The van der Waals surface area contributed by atoms with Gasteiger partial charge in [-0.3, -0.25) is 14.5 Å². The van der Waals surface area contributed by atoms with Crippen molar-refractivity contribution in [3.63, 3.8) is 0 Å². The van der Waals surface area contributed by atoms with Gasteiger partial charge in [-0.1, -0.05) is 32.0 Å². The number of nitrogens with one attached hydrogen (secondary N) is 1. The number of nitrogens with zero attached hydrogens (tertiary/aromatic N) is 2. The molecule has 2 aliphatic rings. The summed E-state index contributed by atoms with van der Waals surface area (Å²) < 4.78 is 0. The van der Waals surface area contributed by atoms with Gasteiger partial charge in [-0.15, -0.1) is 11.8 Å². The first-order chi connectivity index (χ1) is 20.7. The third kappa shape index (κ3) is 6.85. The van der Waals surface area contributed by atoms with Gasteiger partial charge < -0.3 is 25.5 Å². The smallest absolute Gasteiger partial charge is 0.353 e. The van der Waals surface area contributed by atoms with E-state index >= 15 is 0 Å². The Morgan fingerprint density at radius 1 is 1.07 bits per heavy atom. The number of aryl methyl sites for hydroxylation is 2. The van der Waals surface area contributed by atoms with Crippen molar-refractivity contribution in [1.82, 2.24) is 9.80 Å². The number of aliphatic carboxylic acids is 1. The van der Waals surface area contributed by atoms with Crippen LogP contribution in [0.2, 0.25) is 0 Å². The largest absolute Gasteiger partial charge is 0.478 e. The Labute approximate surface area is 262 Å². The molecule has 0 aliphatic carbocycles. The molecule has 0 saturated carbocycles. The maximum absolute atomic E-state index is 13.7. The Kier molecular flexibility index (Phi) is 10.2. The molecule has 4 rings (SSSR count). The lowest BCUT2D eigenvalue weighted by Gasteiger charge is -2.32. The van der Waals surface area contributed by atoms with E-state index in [4.69, 9.17) is 0 Å². The first-order valence-corrected chi connectivity index (χ1v) is 15.6. The SMILES string of the molecule is Cc1cc(CN2C[C@@H](SC3=C(C(=O)O)N(C=O)C([C@H](C)[C@@H](C)O)[C@H]3C)C[C@H]2C(=O)Nc2cccc(C(=O)O)c2)cc(C)c1C. The molecule has 236 valence electrons. The average Bonchev–Trinajstić information content (AvgIpc) is 3.48. The van der Waals surface area contributed by atoms with E-state index in [1.807, 2.05) is 6.92 Å². The molecule has 1 fully saturated rings. The van der Waals surface area contributed by atoms with Gasteiger partial charge >= 0.3 is 11.9 Å². The topological polar surface area (TPSA) is 147 Å². The third-order valence-electron chi connectivity index (χ3n) is 9.07. The first-order valence-electron chi connectivity index (χ1n) is 14.7. The molecule has 10 nitrogen and oxygen atoms in total. The van der Waals surface area contributed by atoms with Gasteiger partial charge in [0, 0.05) is 46.8 Å². The van der Waals surface area contributed by atoms with Gasteiger partial charge in [-0.25, -0.2) is 9.59 Å². The van der Waals surface area contributed by atoms with Gasteiger partial charge in [0.1, 0.15) is 5.70 Å². The number of thioether (sulfide) groups is 1. The highest BCUT2D eigenvalue weighted by atomic mass is 32.2. The molecule has 2 heterocycles. The maximum Gasteiger partial charge on any atom is 0.353 e. The second-order valence-electron chi connectivity index (χ2n) is 12.1. The van der Waals surface area contributed by atoms with Crippen molar-refractivity contribution in [2.24, 2.45) is 11.8 Å². The second kappa shape index (κ2) is 13.5. The van der Waals surface area contributed by atoms with Crippen molar-refractivity contribution < 1.29 is 34.5 Å². The number of rotatable bonds is 11. The first kappa shape index (κ1) is 33.2. The van der Waals surface area contributed by atoms with Gasteiger partial charge in [0.05, 0.1) is 17.7 Å². The van der Waals surface area contributed by atoms with Gasteiger partial charge in [0.2, 0.25) is 12.3 Å². The zero-order valence-corrected chi connectivity index (χ0v) is 26.7. The van der Waals surface area contributed by atoms with Gasteiger partial charge in [0.25, 0.3) is 0 Å². The molecule has 0 aromatic heterocycles. The Bertz CT molecular complexity index is 1470. The molecule has 4 N–H and O–H groups in total. The highest BCUT2D eigenvalue weighted by Gasteiger charge is 2.47. The number of aliphatic hydroxyl groups is 1. The van der Waals surface area contributed by atoms with Crippen molar-refractivity contribution in [2.75, 3.05) is 11.9 Å². The molecule has 0 bridgehead atoms. The van der Waals surface area contributed by atoms with Crippen LogP contribution in [-0.2, 0) is 20.9 Å². The van der Waals surface area contributed by atoms with Crippen LogP contribution >= 0.6 is 11.8 Å². The summed E-state index contributed by atoms with van der Waals surface area (Å²) in [5, 5.41) is 32.6. The Morgan fingerprint density at radius 3 is 2.30 bits per heavy atom. The summed E-state index contributed by atoms with van der Waals surface area (Å²) in [5.74, 6) is -3.27. The lowest BCUT2D eigenvalue weighted by molar-refractivity contribution is -0.137. The maximum atomic E-state index is 13.7. The number of hydrogen-bond acceptors (Lipinski definition) is 7. The van der Waals surface area contributed by atoms with Gasteiger partial charge in [-0.05, 0) is 74.6 Å². The van der Waals surface area contributed by atoms with Crippen LogP contribution in [0.15, 0.2) is 47.0 Å². The number of anilines is 1. The highest BCUT2D eigenvalue weighted by Crippen LogP contribution is 2.47. The van der Waals surface area contributed by atoms with E-state index in [2.05, 4.69) is 43.1 Å². The minimum absolute atomic E-state index is 0.0641. The van der Waals surface area contributed by atoms with E-state index in [9.17, 15) is 34.5 Å². The van der Waals surface area contributed by atoms with Crippen LogP contribution < -0.4 is 5.32 Å². The summed E-state index contributed by atoms with van der Waals surface area (Å²) in [6.45, 7) is 12.5. The monoisotopic (exact) mass is 623 g/mol. The van der Waals surface area contributed by atoms with Crippen molar-refractivity contribution >= 4 is 41.7 Å². The number of carbonyl (C=O) groups excluding carboxylic acids is 2. The van der Waals surface area contributed by atoms with Crippen LogP contribution in [-0.4, -0.2) is 79.4 Å². The number of likely N-dealkylation sites (tertiary alicyclic amines) is 1. The normalized spacial score (nSPS) is 23.5. The molecule has 0 spiro atoms. The number of aliphatic hydroxyl groups excluding tert-OH is 1. The molecule has 1 saturated heterocycles. The van der Waals surface area contributed by atoms with E-state index in [1.54, 1.807) is 26.0 Å². The number of carboxylic acids is 2. The zero-order valence-electron chi connectivity index (χ0n) is 25.9. The van der Waals surface area contributed by atoms with Crippen molar-refractivity contribution in [3.05, 3.63) is 74.8 Å². The fraction of sp³-hybridized carbons (Fsp3) is 0.455. The summed E-state index contributed by atoms with van der Waals surface area (Å²) in [6, 6.07) is 9.24. The van der Waals surface area contributed by atoms with E-state index in [1.165, 1.54) is 34.4 Å². The minimum Gasteiger partial charge on any atom is -0.478 e. The number of benzene rings is 2. The van der Waals surface area contributed by atoms with Crippen LogP contribution in [0.1, 0.15) is 59.8 Å². The lowest BCUT2D eigenvalue weighted by Crippen LogP contribution is -2.42. The van der Waals surface area contributed by atoms with E-state index in [0.29, 0.717) is 36.5 Å². The Morgan fingerprint density at radius 2 is 1.73 bits per heavy atom. The average molecular weight is 624 g/mol. The van der Waals surface area contributed by atoms with Crippen LogP contribution in [0.5, 0.6) is 0 Å². The van der Waals surface area contributed by atoms with Gasteiger partial charge in [-0.2, -0.15) is 0 Å². The Hall–Kier alpha value is -3.67. The number of carbonyl (C=O) groups is 4. The third-order valence-corrected chi connectivity index (χ3v) is 10.6. The molecule has 2 amide bonds. The van der Waals surface area contributed by atoms with Gasteiger partial charge in [0.15, 0.2) is 0 Å². The summed E-state index contributed by atoms with van der Waals surface area (Å²) >= 11 is 1.39. The van der Waals surface area contributed by atoms with E-state index < -0.39 is 30.1 Å². The van der Waals surface area contributed by atoms with Crippen LogP contribution in [0.4, 0.5) is 5.69 Å². The van der Waals surface area contributed by atoms with E-state index in [-0.39, 0.29) is 34.3 Å². The summed E-state index contributed by atoms with van der Waals surface area (Å²) in [4.78, 5) is 53.6. The molecule has 44 heavy (non-hydrogen) atoms. The molecule has 1 unspecified atom stereocenters. The van der Waals surface area contributed by atoms with Crippen molar-refractivity contribution in [1.29, 1.82) is 0 Å². The highest BCUT2D eigenvalue weighted by molar-refractivity contribution is 8.03. The Balaban J connectivity index is 1.65. The number of carboxylic acid groups (broad SMARTS) is 2. The van der Waals surface area contributed by atoms with Crippen LogP contribution in [0.3, 0.4) is 0 Å². The quantitative estimate of drug-likeness (QED) is 0.267. The molecule has 2 aromatic carbocycles. The molecule has 2 aliphatic heterocycles. The zero-order chi connectivity index (χ0) is 32.5. The molecule has 0 radical (unpaired) electrons. The minimum atomic E-state index is -1.21. The predicted molar refractivity (Wildman–Crippen MR) is 169 cm³/mol. The standard InChI is InChI=1S/C33H41N3O7S/c1-17-10-23(11-18(2)19(17)3)14-35-15-26(13-27(35)31(39)34-25-9-7-8-24(12-25)32(40)41)44-30-21(5)28(20(4)22(6)38)36(16-37)29(30)33(42)43/h7-12,16,20-22,26-28,38H,13-15H2,1-6H3,(H,34,39)(H,40,41)(H,42,43)/t20-,21-,22-,26+,27+,28?/m1/s1. The van der Waals surface area contributed by atoms with Crippen LogP contribution in [0.25, 0.3) is 0 Å². The summed E-state index contributed by atoms with van der Waals surface area (Å²) in [7, 11) is 0. The fourth-order valence-corrected chi connectivity index (χ4v) is 7.93. The lowest BCUT2D eigenvalue weighted by atomic mass is 9.88. The second-order valence-corrected chi connectivity index (χ2v) is 13.4. The van der Waals surface area contributed by atoms with Crippen LogP contribution in [0, 0.1) is 32.6 Å². The molecular weight excluding hydrogens is 582 g/mol. The summed E-state index contributed by atoms with van der Waals surface area (Å²) in [6.07, 6.45) is 0.196. The van der Waals surface area contributed by atoms with E-state index in [0.717, 1.165) is 16.7 Å². The molecule has 11 heteroatoms. The predicted octanol–water partition coefficient (Wildman–Crippen LogP) is 4.41. The van der Waals surface area contributed by atoms with Crippen molar-refractivity contribution in [2.45, 2.75) is 77.9 Å². The molecule has 2 aromatic rings. The number of hydrogen-bond donors (Lipinski definition) is 4. The molecule has 6 atom stereocenters. The van der Waals surface area contributed by atoms with Crippen molar-refractivity contribution in [3.8, 4) is 0 Å². The fourth-order valence-electron chi connectivity index (χ4n) is 6.36.